The number of nitrogen functional groups attached to an aromatic ring is 1. The molecule has 0 heterocycles. The molecular formula is C11H16N2O2. The van der Waals surface area contributed by atoms with Crippen LogP contribution in [0.5, 0.6) is 5.75 Å². The zero-order valence-corrected chi connectivity index (χ0v) is 8.82. The molecule has 4 nitrogen and oxygen atoms in total. The minimum atomic E-state index is 0.0110. The number of carbonyl (C=O) groups is 1. The summed E-state index contributed by atoms with van der Waals surface area (Å²) >= 11 is 0. The highest BCUT2D eigenvalue weighted by molar-refractivity contribution is 6.01. The second-order valence-corrected chi connectivity index (χ2v) is 3.24. The molecule has 1 aromatic carbocycles. The summed E-state index contributed by atoms with van der Waals surface area (Å²) in [5.74, 6) is 0.547. The lowest BCUT2D eigenvalue weighted by Crippen LogP contribution is -2.08. The van der Waals surface area contributed by atoms with Crippen molar-refractivity contribution in [3.05, 3.63) is 23.8 Å². The van der Waals surface area contributed by atoms with Crippen LogP contribution in [0.15, 0.2) is 18.2 Å². The van der Waals surface area contributed by atoms with Gasteiger partial charge in [0.2, 0.25) is 0 Å². The van der Waals surface area contributed by atoms with Gasteiger partial charge in [0.1, 0.15) is 5.75 Å². The van der Waals surface area contributed by atoms with E-state index in [2.05, 4.69) is 0 Å². The van der Waals surface area contributed by atoms with Crippen molar-refractivity contribution < 1.29 is 9.53 Å². The van der Waals surface area contributed by atoms with E-state index in [1.807, 2.05) is 0 Å². The van der Waals surface area contributed by atoms with E-state index in [4.69, 9.17) is 16.2 Å². The van der Waals surface area contributed by atoms with E-state index in [0.29, 0.717) is 36.4 Å². The van der Waals surface area contributed by atoms with Crippen molar-refractivity contribution in [2.24, 2.45) is 5.73 Å². The van der Waals surface area contributed by atoms with Crippen LogP contribution in [0.3, 0.4) is 0 Å². The number of rotatable bonds is 5. The Bertz CT molecular complexity index is 350. The maximum Gasteiger partial charge on any atom is 0.165 e. The van der Waals surface area contributed by atoms with Crippen molar-refractivity contribution >= 4 is 11.5 Å². The molecule has 0 atom stereocenters. The first-order valence-electron chi connectivity index (χ1n) is 4.86. The molecular weight excluding hydrogens is 192 g/mol. The molecule has 0 saturated heterocycles. The summed E-state index contributed by atoms with van der Waals surface area (Å²) in [4.78, 5) is 11.7. The van der Waals surface area contributed by atoms with E-state index in [0.717, 1.165) is 0 Å². The highest BCUT2D eigenvalue weighted by atomic mass is 16.5. The predicted octanol–water partition coefficient (Wildman–Crippen LogP) is 1.20. The fourth-order valence-corrected chi connectivity index (χ4v) is 1.36. The summed E-state index contributed by atoms with van der Waals surface area (Å²) in [6, 6.07) is 5.19. The van der Waals surface area contributed by atoms with Gasteiger partial charge in [-0.05, 0) is 25.1 Å². The van der Waals surface area contributed by atoms with Gasteiger partial charge in [-0.15, -0.1) is 0 Å². The van der Waals surface area contributed by atoms with Gasteiger partial charge in [0.25, 0.3) is 0 Å². The van der Waals surface area contributed by atoms with Gasteiger partial charge < -0.3 is 16.2 Å². The molecule has 82 valence electrons. The largest absolute Gasteiger partial charge is 0.495 e. The molecule has 0 saturated carbocycles. The topological polar surface area (TPSA) is 78.3 Å². The smallest absolute Gasteiger partial charge is 0.165 e. The number of Topliss-reactive ketones (excluding diaryl/α,β-unsaturated/α-hetero) is 1. The van der Waals surface area contributed by atoms with Gasteiger partial charge in [0.05, 0.1) is 12.8 Å². The number of ether oxygens (including phenoxy) is 1. The number of hydrogen-bond acceptors (Lipinski definition) is 4. The van der Waals surface area contributed by atoms with Gasteiger partial charge in [0.15, 0.2) is 5.78 Å². The molecule has 15 heavy (non-hydrogen) atoms. The van der Waals surface area contributed by atoms with E-state index < -0.39 is 0 Å². The Balaban J connectivity index is 2.89. The summed E-state index contributed by atoms with van der Waals surface area (Å²) in [6.07, 6.45) is 1.10. The average Bonchev–Trinajstić information content (AvgIpc) is 2.26. The van der Waals surface area contributed by atoms with Gasteiger partial charge in [0, 0.05) is 12.0 Å². The Hall–Kier alpha value is -1.55. The second-order valence-electron chi connectivity index (χ2n) is 3.24. The number of methoxy groups -OCH3 is 1. The van der Waals surface area contributed by atoms with Crippen molar-refractivity contribution in [2.45, 2.75) is 12.8 Å². The van der Waals surface area contributed by atoms with Crippen LogP contribution in [0, 0.1) is 0 Å². The Morgan fingerprint density at radius 2 is 2.20 bits per heavy atom. The maximum absolute atomic E-state index is 11.7. The Kier molecular flexibility index (Phi) is 4.12. The maximum atomic E-state index is 11.7. The first-order chi connectivity index (χ1) is 7.20. The lowest BCUT2D eigenvalue weighted by molar-refractivity contribution is 0.0981. The number of benzene rings is 1. The van der Waals surface area contributed by atoms with Gasteiger partial charge in [-0.3, -0.25) is 4.79 Å². The molecule has 0 unspecified atom stereocenters. The van der Waals surface area contributed by atoms with E-state index in [-0.39, 0.29) is 5.78 Å². The highest BCUT2D eigenvalue weighted by Crippen LogP contribution is 2.25. The number of ketones is 1. The van der Waals surface area contributed by atoms with Crippen molar-refractivity contribution in [2.75, 3.05) is 19.4 Å². The molecule has 0 amide bonds. The van der Waals surface area contributed by atoms with E-state index in [1.54, 1.807) is 18.2 Å². The minimum Gasteiger partial charge on any atom is -0.495 e. The first-order valence-corrected chi connectivity index (χ1v) is 4.86. The Morgan fingerprint density at radius 1 is 1.47 bits per heavy atom. The summed E-state index contributed by atoms with van der Waals surface area (Å²) in [6.45, 7) is 0.510. The molecule has 1 rings (SSSR count). The van der Waals surface area contributed by atoms with Crippen LogP contribution in [0.1, 0.15) is 23.2 Å². The van der Waals surface area contributed by atoms with Crippen molar-refractivity contribution in [3.8, 4) is 5.75 Å². The SMILES string of the molecule is COc1cccc(C(=O)CCCN)c1N. The van der Waals surface area contributed by atoms with Gasteiger partial charge >= 0.3 is 0 Å². The fourth-order valence-electron chi connectivity index (χ4n) is 1.36. The van der Waals surface area contributed by atoms with Crippen LogP contribution >= 0.6 is 0 Å². The number of hydrogen-bond donors (Lipinski definition) is 2. The standard InChI is InChI=1S/C11H16N2O2/c1-15-10-6-2-4-8(11(10)13)9(14)5-3-7-12/h2,4,6H,3,5,7,12-13H2,1H3. The molecule has 4 heteroatoms. The number of nitrogens with two attached hydrogens (primary N) is 2. The van der Waals surface area contributed by atoms with E-state index in [1.165, 1.54) is 7.11 Å². The van der Waals surface area contributed by atoms with Gasteiger partial charge in [-0.1, -0.05) is 6.07 Å². The van der Waals surface area contributed by atoms with Crippen LogP contribution in [0.2, 0.25) is 0 Å². The van der Waals surface area contributed by atoms with Gasteiger partial charge in [-0.2, -0.15) is 0 Å². The Morgan fingerprint density at radius 3 is 2.80 bits per heavy atom. The number of para-hydroxylation sites is 1. The molecule has 0 aromatic heterocycles. The third kappa shape index (κ3) is 2.70. The average molecular weight is 208 g/mol. The molecule has 0 aliphatic heterocycles. The second kappa shape index (κ2) is 5.36. The summed E-state index contributed by atoms with van der Waals surface area (Å²) in [5, 5.41) is 0. The van der Waals surface area contributed by atoms with Crippen LogP contribution < -0.4 is 16.2 Å². The quantitative estimate of drug-likeness (QED) is 0.563. The summed E-state index contributed by atoms with van der Waals surface area (Å²) < 4.78 is 5.04. The van der Waals surface area contributed by atoms with Crippen LogP contribution in [0.4, 0.5) is 5.69 Å². The Labute approximate surface area is 89.2 Å². The molecule has 0 spiro atoms. The third-order valence-electron chi connectivity index (χ3n) is 2.19. The molecule has 0 bridgehead atoms. The zero-order chi connectivity index (χ0) is 11.3. The van der Waals surface area contributed by atoms with Gasteiger partial charge in [-0.25, -0.2) is 0 Å². The van der Waals surface area contributed by atoms with Crippen molar-refractivity contribution in [3.63, 3.8) is 0 Å². The third-order valence-corrected chi connectivity index (χ3v) is 2.19. The van der Waals surface area contributed by atoms with Crippen LogP contribution in [-0.2, 0) is 0 Å². The van der Waals surface area contributed by atoms with Crippen LogP contribution in [-0.4, -0.2) is 19.4 Å². The van der Waals surface area contributed by atoms with Crippen LogP contribution in [0.25, 0.3) is 0 Å². The van der Waals surface area contributed by atoms with Crippen molar-refractivity contribution in [1.82, 2.24) is 0 Å². The normalized spacial score (nSPS) is 10.0. The lowest BCUT2D eigenvalue weighted by Gasteiger charge is -2.08. The lowest BCUT2D eigenvalue weighted by atomic mass is 10.0. The minimum absolute atomic E-state index is 0.0110. The van der Waals surface area contributed by atoms with E-state index >= 15 is 0 Å². The zero-order valence-electron chi connectivity index (χ0n) is 8.82. The highest BCUT2D eigenvalue weighted by Gasteiger charge is 2.11. The first kappa shape index (κ1) is 11.5. The van der Waals surface area contributed by atoms with Crippen molar-refractivity contribution in [1.29, 1.82) is 0 Å². The molecule has 4 N–H and O–H groups in total. The predicted molar refractivity (Wildman–Crippen MR) is 60.0 cm³/mol. The number of carbonyl (C=O) groups excluding carboxylic acids is 1. The molecule has 0 aliphatic carbocycles. The molecule has 0 aliphatic rings. The monoisotopic (exact) mass is 208 g/mol. The summed E-state index contributed by atoms with van der Waals surface area (Å²) in [5.41, 5.74) is 12.1. The molecule has 0 fully saturated rings. The molecule has 0 radical (unpaired) electrons. The fraction of sp³-hybridized carbons (Fsp3) is 0.364. The summed E-state index contributed by atoms with van der Waals surface area (Å²) in [7, 11) is 1.53. The van der Waals surface area contributed by atoms with E-state index in [9.17, 15) is 4.79 Å². The number of anilines is 1. The molecule has 1 aromatic rings.